The van der Waals surface area contributed by atoms with E-state index in [2.05, 4.69) is 10.8 Å². The Morgan fingerprint density at radius 2 is 1.47 bits per heavy atom. The average molecular weight is 290 g/mol. The lowest BCUT2D eigenvalue weighted by atomic mass is 10.3. The zero-order chi connectivity index (χ0) is 14.1. The highest BCUT2D eigenvalue weighted by atomic mass is 32.2. The summed E-state index contributed by atoms with van der Waals surface area (Å²) in [5, 5.41) is 0. The van der Waals surface area contributed by atoms with E-state index >= 15 is 0 Å². The molecule has 0 saturated heterocycles. The highest BCUT2D eigenvalue weighted by molar-refractivity contribution is 7.86. The predicted molar refractivity (Wildman–Crippen MR) is 41.0 cm³/mol. The molecule has 17 heavy (non-hydrogen) atoms. The molecule has 3 nitrogen and oxygen atoms in total. The summed E-state index contributed by atoms with van der Waals surface area (Å²) >= 11 is 0. The SMILES string of the molecule is C=CCS(=O)(=O)OC(F)(F)C(F)(F)C(F)(F)F. The number of hydrogen-bond donors (Lipinski definition) is 0. The van der Waals surface area contributed by atoms with E-state index < -0.39 is 34.1 Å². The van der Waals surface area contributed by atoms with Gasteiger partial charge < -0.3 is 0 Å². The van der Waals surface area contributed by atoms with Crippen LogP contribution in [0.25, 0.3) is 0 Å². The summed E-state index contributed by atoms with van der Waals surface area (Å²) in [4.78, 5) is 0. The fourth-order valence-electron chi connectivity index (χ4n) is 0.555. The van der Waals surface area contributed by atoms with Crippen LogP contribution < -0.4 is 0 Å². The van der Waals surface area contributed by atoms with Crippen LogP contribution >= 0.6 is 0 Å². The minimum absolute atomic E-state index is 0.483. The highest BCUT2D eigenvalue weighted by Gasteiger charge is 2.75. The van der Waals surface area contributed by atoms with Crippen LogP contribution in [-0.4, -0.2) is 32.4 Å². The normalized spacial score (nSPS) is 14.8. The van der Waals surface area contributed by atoms with Crippen molar-refractivity contribution in [2.45, 2.75) is 18.2 Å². The van der Waals surface area contributed by atoms with Crippen LogP contribution in [0, 0.1) is 0 Å². The molecule has 0 rings (SSSR count). The molecule has 0 saturated carbocycles. The Morgan fingerprint density at radius 1 is 1.06 bits per heavy atom. The summed E-state index contributed by atoms with van der Waals surface area (Å²) < 4.78 is 108. The van der Waals surface area contributed by atoms with Crippen LogP contribution in [0.3, 0.4) is 0 Å². The first kappa shape index (κ1) is 16.2. The van der Waals surface area contributed by atoms with Gasteiger partial charge in [0.05, 0.1) is 5.75 Å². The van der Waals surface area contributed by atoms with E-state index in [1.54, 1.807) is 0 Å². The zero-order valence-electron chi connectivity index (χ0n) is 7.77. The maximum Gasteiger partial charge on any atom is 0.462 e. The minimum Gasteiger partial charge on any atom is -0.199 e. The van der Waals surface area contributed by atoms with Crippen LogP contribution in [0.5, 0.6) is 0 Å². The lowest BCUT2D eigenvalue weighted by Gasteiger charge is -2.26. The van der Waals surface area contributed by atoms with E-state index in [9.17, 15) is 39.2 Å². The van der Waals surface area contributed by atoms with Gasteiger partial charge in [-0.2, -0.15) is 43.3 Å². The van der Waals surface area contributed by atoms with Crippen molar-refractivity contribution in [1.29, 1.82) is 0 Å². The first-order chi connectivity index (χ1) is 7.27. The van der Waals surface area contributed by atoms with Crippen molar-refractivity contribution in [3.8, 4) is 0 Å². The van der Waals surface area contributed by atoms with Gasteiger partial charge in [-0.3, -0.25) is 0 Å². The summed E-state index contributed by atoms with van der Waals surface area (Å²) in [6.45, 7) is 2.77. The molecule has 0 atom stereocenters. The Bertz CT molecular complexity index is 383. The Kier molecular flexibility index (Phi) is 4.22. The quantitative estimate of drug-likeness (QED) is 0.443. The van der Waals surface area contributed by atoms with Gasteiger partial charge in [0, 0.05) is 0 Å². The van der Waals surface area contributed by atoms with Gasteiger partial charge in [-0.15, -0.1) is 6.58 Å². The molecule has 0 aliphatic heterocycles. The fraction of sp³-hybridized carbons (Fsp3) is 0.667. The molecule has 11 heteroatoms. The van der Waals surface area contributed by atoms with E-state index in [1.807, 2.05) is 0 Å². The molecule has 0 heterocycles. The molecule has 0 unspecified atom stereocenters. The lowest BCUT2D eigenvalue weighted by Crippen LogP contribution is -2.54. The number of alkyl halides is 7. The topological polar surface area (TPSA) is 43.4 Å². The van der Waals surface area contributed by atoms with Gasteiger partial charge in [-0.25, -0.2) is 0 Å². The third kappa shape index (κ3) is 3.56. The maximum atomic E-state index is 12.4. The minimum atomic E-state index is -6.65. The summed E-state index contributed by atoms with van der Waals surface area (Å²) in [5.41, 5.74) is 0. The summed E-state index contributed by atoms with van der Waals surface area (Å²) in [6.07, 6.45) is -12.4. The van der Waals surface area contributed by atoms with Gasteiger partial charge in [-0.1, -0.05) is 6.08 Å². The predicted octanol–water partition coefficient (Wildman–Crippen LogP) is 2.31. The van der Waals surface area contributed by atoms with Gasteiger partial charge in [-0.05, 0) is 0 Å². The second-order valence-electron chi connectivity index (χ2n) is 2.69. The van der Waals surface area contributed by atoms with Crippen LogP contribution in [-0.2, 0) is 14.3 Å². The highest BCUT2D eigenvalue weighted by Crippen LogP contribution is 2.47. The summed E-state index contributed by atoms with van der Waals surface area (Å²) in [5.74, 6) is -7.97. The number of halogens is 7. The van der Waals surface area contributed by atoms with Crippen LogP contribution in [0.1, 0.15) is 0 Å². The first-order valence-corrected chi connectivity index (χ1v) is 5.21. The van der Waals surface area contributed by atoms with Crippen molar-refractivity contribution in [1.82, 2.24) is 0 Å². The third-order valence-electron chi connectivity index (χ3n) is 1.28. The van der Waals surface area contributed by atoms with E-state index in [-0.39, 0.29) is 0 Å². The first-order valence-electron chi connectivity index (χ1n) is 3.63. The van der Waals surface area contributed by atoms with E-state index in [0.29, 0.717) is 6.08 Å². The molecule has 0 fully saturated rings. The maximum absolute atomic E-state index is 12.4. The lowest BCUT2D eigenvalue weighted by molar-refractivity contribution is -0.402. The van der Waals surface area contributed by atoms with Crippen molar-refractivity contribution in [3.05, 3.63) is 12.7 Å². The zero-order valence-corrected chi connectivity index (χ0v) is 8.59. The van der Waals surface area contributed by atoms with Crippen molar-refractivity contribution in [2.24, 2.45) is 0 Å². The largest absolute Gasteiger partial charge is 0.462 e. The Balaban J connectivity index is 5.24. The molecule has 0 aliphatic rings. The van der Waals surface area contributed by atoms with Crippen molar-refractivity contribution in [3.63, 3.8) is 0 Å². The Morgan fingerprint density at radius 3 is 1.76 bits per heavy atom. The number of hydrogen-bond acceptors (Lipinski definition) is 3. The number of rotatable bonds is 5. The van der Waals surface area contributed by atoms with Crippen molar-refractivity contribution in [2.75, 3.05) is 5.75 Å². The Labute approximate surface area is 91.0 Å². The molecule has 0 aliphatic carbocycles. The van der Waals surface area contributed by atoms with Crippen molar-refractivity contribution >= 4 is 10.1 Å². The summed E-state index contributed by atoms with van der Waals surface area (Å²) in [7, 11) is -5.28. The molecule has 0 aromatic heterocycles. The third-order valence-corrected chi connectivity index (χ3v) is 2.38. The molecular weight excluding hydrogens is 285 g/mol. The standard InChI is InChI=1S/C6H5F7O3S/c1-2-3-17(14,15)16-6(12,13)4(7,8)5(9,10)11/h2H,1,3H2. The van der Waals surface area contributed by atoms with Gasteiger partial charge in [0.2, 0.25) is 0 Å². The molecule has 0 spiro atoms. The molecule has 0 amide bonds. The van der Waals surface area contributed by atoms with Gasteiger partial charge in [0.15, 0.2) is 0 Å². The van der Waals surface area contributed by atoms with Gasteiger partial charge in [0.1, 0.15) is 0 Å². The second-order valence-corrected chi connectivity index (χ2v) is 4.30. The Hall–Kier alpha value is -0.840. The van der Waals surface area contributed by atoms with E-state index in [0.717, 1.165) is 0 Å². The van der Waals surface area contributed by atoms with Crippen LogP contribution in [0.2, 0.25) is 0 Å². The smallest absolute Gasteiger partial charge is 0.199 e. The van der Waals surface area contributed by atoms with Crippen LogP contribution in [0.4, 0.5) is 30.7 Å². The summed E-state index contributed by atoms with van der Waals surface area (Å²) in [6, 6.07) is 0. The monoisotopic (exact) mass is 290 g/mol. The molecular formula is C6H5F7O3S. The molecule has 102 valence electrons. The molecule has 0 bridgehead atoms. The molecule has 0 aromatic rings. The van der Waals surface area contributed by atoms with Gasteiger partial charge >= 0.3 is 18.2 Å². The second kappa shape index (κ2) is 4.44. The fourth-order valence-corrected chi connectivity index (χ4v) is 1.34. The van der Waals surface area contributed by atoms with Crippen LogP contribution in [0.15, 0.2) is 12.7 Å². The van der Waals surface area contributed by atoms with Crippen molar-refractivity contribution < 1.29 is 43.3 Å². The molecule has 0 N–H and O–H groups in total. The average Bonchev–Trinajstić information content (AvgIpc) is 1.98. The van der Waals surface area contributed by atoms with Gasteiger partial charge in [0.25, 0.3) is 10.1 Å². The molecule has 0 aromatic carbocycles. The van der Waals surface area contributed by atoms with E-state index in [4.69, 9.17) is 0 Å². The van der Waals surface area contributed by atoms with E-state index in [1.165, 1.54) is 0 Å². The molecule has 0 radical (unpaired) electrons.